The standard InChI is InChI=1S/C6H7NS/c8-5-6-1-3-7-4-2-6/h1-4,8H,5H2. The smallest absolute Gasteiger partial charge is 0.0270 e. The van der Waals surface area contributed by atoms with E-state index in [0.717, 1.165) is 5.75 Å². The molecular formula is C6H7NS. The van der Waals surface area contributed by atoms with E-state index >= 15 is 0 Å². The van der Waals surface area contributed by atoms with E-state index in [1.165, 1.54) is 5.56 Å². The fourth-order valence-corrected chi connectivity index (χ4v) is 0.699. The highest BCUT2D eigenvalue weighted by Crippen LogP contribution is 1.98. The van der Waals surface area contributed by atoms with Crippen LogP contribution in [-0.2, 0) is 5.75 Å². The molecule has 1 rings (SSSR count). The maximum Gasteiger partial charge on any atom is 0.0270 e. The average Bonchev–Trinajstić information content (AvgIpc) is 1.90. The molecule has 0 aliphatic heterocycles. The first-order valence-corrected chi connectivity index (χ1v) is 3.06. The molecule has 8 heavy (non-hydrogen) atoms. The summed E-state index contributed by atoms with van der Waals surface area (Å²) in [6.07, 6.45) is 3.54. The van der Waals surface area contributed by atoms with E-state index in [0.29, 0.717) is 0 Å². The Morgan fingerprint density at radius 1 is 1.38 bits per heavy atom. The SMILES string of the molecule is SCc1ccncc1. The Morgan fingerprint density at radius 2 is 2.00 bits per heavy atom. The number of thiol groups is 1. The van der Waals surface area contributed by atoms with Crippen LogP contribution in [0.25, 0.3) is 0 Å². The lowest BCUT2D eigenvalue weighted by Gasteiger charge is -1.88. The van der Waals surface area contributed by atoms with Crippen molar-refractivity contribution in [3.63, 3.8) is 0 Å². The van der Waals surface area contributed by atoms with Gasteiger partial charge in [0.05, 0.1) is 0 Å². The molecule has 0 fully saturated rings. The molecule has 1 nitrogen and oxygen atoms in total. The van der Waals surface area contributed by atoms with Crippen molar-refractivity contribution in [1.29, 1.82) is 0 Å². The summed E-state index contributed by atoms with van der Waals surface area (Å²) in [5.41, 5.74) is 1.21. The van der Waals surface area contributed by atoms with Gasteiger partial charge in [-0.3, -0.25) is 4.98 Å². The highest BCUT2D eigenvalue weighted by Gasteiger charge is 1.81. The Labute approximate surface area is 54.2 Å². The van der Waals surface area contributed by atoms with Crippen LogP contribution in [0.4, 0.5) is 0 Å². The van der Waals surface area contributed by atoms with Crippen molar-refractivity contribution in [2.24, 2.45) is 0 Å². The summed E-state index contributed by atoms with van der Waals surface area (Å²) in [5, 5.41) is 0. The molecule has 0 aliphatic rings. The van der Waals surface area contributed by atoms with Gasteiger partial charge >= 0.3 is 0 Å². The van der Waals surface area contributed by atoms with Crippen LogP contribution in [0, 0.1) is 0 Å². The predicted molar refractivity (Wildman–Crippen MR) is 36.9 cm³/mol. The summed E-state index contributed by atoms with van der Waals surface area (Å²) < 4.78 is 0. The van der Waals surface area contributed by atoms with Crippen LogP contribution >= 0.6 is 12.6 Å². The maximum atomic E-state index is 4.08. The van der Waals surface area contributed by atoms with Crippen molar-refractivity contribution in [1.82, 2.24) is 4.98 Å². The first kappa shape index (κ1) is 5.63. The quantitative estimate of drug-likeness (QED) is 0.561. The van der Waals surface area contributed by atoms with Crippen LogP contribution in [0.3, 0.4) is 0 Å². The van der Waals surface area contributed by atoms with Crippen LogP contribution in [0.2, 0.25) is 0 Å². The first-order valence-electron chi connectivity index (χ1n) is 2.43. The first-order chi connectivity index (χ1) is 3.93. The fraction of sp³-hybridized carbons (Fsp3) is 0.167. The van der Waals surface area contributed by atoms with Gasteiger partial charge in [0, 0.05) is 18.1 Å². The van der Waals surface area contributed by atoms with Gasteiger partial charge in [0.1, 0.15) is 0 Å². The van der Waals surface area contributed by atoms with Gasteiger partial charge in [-0.15, -0.1) is 0 Å². The molecule has 1 aromatic heterocycles. The molecule has 0 N–H and O–H groups in total. The predicted octanol–water partition coefficient (Wildman–Crippen LogP) is 1.51. The summed E-state index contributed by atoms with van der Waals surface area (Å²) in [5.74, 6) is 0.794. The summed E-state index contributed by atoms with van der Waals surface area (Å²) in [7, 11) is 0. The van der Waals surface area contributed by atoms with E-state index in [9.17, 15) is 0 Å². The minimum atomic E-state index is 0.794. The third-order valence-electron chi connectivity index (χ3n) is 0.932. The summed E-state index contributed by atoms with van der Waals surface area (Å²) in [4.78, 5) is 3.86. The monoisotopic (exact) mass is 125 g/mol. The Balaban J connectivity index is 2.83. The summed E-state index contributed by atoms with van der Waals surface area (Å²) in [6, 6.07) is 3.90. The van der Waals surface area contributed by atoms with Crippen LogP contribution in [0.15, 0.2) is 24.5 Å². The largest absolute Gasteiger partial charge is 0.265 e. The molecule has 0 unspecified atom stereocenters. The van der Waals surface area contributed by atoms with Gasteiger partial charge in [-0.2, -0.15) is 12.6 Å². The molecule has 0 aromatic carbocycles. The van der Waals surface area contributed by atoms with E-state index in [1.54, 1.807) is 12.4 Å². The van der Waals surface area contributed by atoms with Crippen molar-refractivity contribution in [2.45, 2.75) is 5.75 Å². The molecule has 0 bridgehead atoms. The van der Waals surface area contributed by atoms with E-state index < -0.39 is 0 Å². The van der Waals surface area contributed by atoms with E-state index in [4.69, 9.17) is 0 Å². The molecule has 1 heterocycles. The Morgan fingerprint density at radius 3 is 2.38 bits per heavy atom. The number of nitrogens with zero attached hydrogens (tertiary/aromatic N) is 1. The molecule has 42 valence electrons. The average molecular weight is 125 g/mol. The molecule has 0 spiro atoms. The van der Waals surface area contributed by atoms with Gasteiger partial charge in [0.15, 0.2) is 0 Å². The number of hydrogen-bond acceptors (Lipinski definition) is 2. The van der Waals surface area contributed by atoms with Gasteiger partial charge in [-0.25, -0.2) is 0 Å². The van der Waals surface area contributed by atoms with E-state index in [2.05, 4.69) is 17.6 Å². The summed E-state index contributed by atoms with van der Waals surface area (Å²) in [6.45, 7) is 0. The molecule has 0 saturated carbocycles. The zero-order chi connectivity index (χ0) is 5.82. The lowest BCUT2D eigenvalue weighted by Crippen LogP contribution is -1.74. The minimum Gasteiger partial charge on any atom is -0.265 e. The molecule has 0 atom stereocenters. The molecule has 0 radical (unpaired) electrons. The van der Waals surface area contributed by atoms with Crippen LogP contribution in [-0.4, -0.2) is 4.98 Å². The zero-order valence-corrected chi connectivity index (χ0v) is 5.31. The van der Waals surface area contributed by atoms with Gasteiger partial charge in [-0.05, 0) is 17.7 Å². The highest BCUT2D eigenvalue weighted by atomic mass is 32.1. The van der Waals surface area contributed by atoms with Crippen molar-refractivity contribution in [2.75, 3.05) is 0 Å². The Hall–Kier alpha value is -0.500. The maximum absolute atomic E-state index is 4.08. The van der Waals surface area contributed by atoms with Crippen molar-refractivity contribution >= 4 is 12.6 Å². The van der Waals surface area contributed by atoms with E-state index in [1.807, 2.05) is 12.1 Å². The second-order valence-corrected chi connectivity index (χ2v) is 1.83. The topological polar surface area (TPSA) is 12.9 Å². The second kappa shape index (κ2) is 2.72. The number of pyridine rings is 1. The van der Waals surface area contributed by atoms with Crippen LogP contribution in [0.1, 0.15) is 5.56 Å². The van der Waals surface area contributed by atoms with Gasteiger partial charge in [0.25, 0.3) is 0 Å². The third-order valence-corrected chi connectivity index (χ3v) is 1.30. The Kier molecular flexibility index (Phi) is 1.92. The van der Waals surface area contributed by atoms with Crippen LogP contribution in [0.5, 0.6) is 0 Å². The van der Waals surface area contributed by atoms with Crippen molar-refractivity contribution in [3.8, 4) is 0 Å². The van der Waals surface area contributed by atoms with Gasteiger partial charge < -0.3 is 0 Å². The normalized spacial score (nSPS) is 9.12. The lowest BCUT2D eigenvalue weighted by atomic mass is 10.3. The fourth-order valence-electron chi connectivity index (χ4n) is 0.488. The number of hydrogen-bond donors (Lipinski definition) is 1. The molecule has 0 amide bonds. The van der Waals surface area contributed by atoms with Crippen LogP contribution < -0.4 is 0 Å². The third kappa shape index (κ3) is 1.23. The summed E-state index contributed by atoms with van der Waals surface area (Å²) >= 11 is 4.08. The molecular weight excluding hydrogens is 118 g/mol. The van der Waals surface area contributed by atoms with E-state index in [-0.39, 0.29) is 0 Å². The van der Waals surface area contributed by atoms with Gasteiger partial charge in [-0.1, -0.05) is 0 Å². The molecule has 0 aliphatic carbocycles. The van der Waals surface area contributed by atoms with Crippen molar-refractivity contribution in [3.05, 3.63) is 30.1 Å². The molecule has 2 heteroatoms. The molecule has 0 saturated heterocycles. The second-order valence-electron chi connectivity index (χ2n) is 1.51. The zero-order valence-electron chi connectivity index (χ0n) is 4.41. The number of rotatable bonds is 1. The van der Waals surface area contributed by atoms with Crippen molar-refractivity contribution < 1.29 is 0 Å². The van der Waals surface area contributed by atoms with Gasteiger partial charge in [0.2, 0.25) is 0 Å². The minimum absolute atomic E-state index is 0.794. The Bertz CT molecular complexity index is 150. The molecule has 1 aromatic rings. The highest BCUT2D eigenvalue weighted by molar-refractivity contribution is 7.79. The number of aromatic nitrogens is 1. The lowest BCUT2D eigenvalue weighted by molar-refractivity contribution is 1.27.